The van der Waals surface area contributed by atoms with Gasteiger partial charge in [0.15, 0.2) is 6.10 Å². The predicted molar refractivity (Wildman–Crippen MR) is 275 cm³/mol. The molecule has 0 saturated carbocycles. The van der Waals surface area contributed by atoms with Gasteiger partial charge in [-0.2, -0.15) is 0 Å². The topological polar surface area (TPSA) is 78.9 Å². The van der Waals surface area contributed by atoms with Crippen molar-refractivity contribution in [2.75, 3.05) is 13.2 Å². The fraction of sp³-hybridized carbons (Fsp3) is 0.948. The summed E-state index contributed by atoms with van der Waals surface area (Å²) in [6.45, 7) is 13.8. The summed E-state index contributed by atoms with van der Waals surface area (Å²) in [5.74, 6) is 1.74. The zero-order valence-electron chi connectivity index (χ0n) is 44.1. The van der Waals surface area contributed by atoms with Crippen molar-refractivity contribution in [3.8, 4) is 0 Å². The maximum absolute atomic E-state index is 12.8. The molecule has 0 bridgehead atoms. The average molecular weight is 906 g/mol. The number of unbranched alkanes of at least 4 members (excludes halogenated alkanes) is 32. The van der Waals surface area contributed by atoms with E-state index in [9.17, 15) is 14.4 Å². The maximum Gasteiger partial charge on any atom is 0.306 e. The van der Waals surface area contributed by atoms with Crippen LogP contribution in [0.4, 0.5) is 0 Å². The van der Waals surface area contributed by atoms with Crippen molar-refractivity contribution >= 4 is 17.9 Å². The summed E-state index contributed by atoms with van der Waals surface area (Å²) in [6, 6.07) is 0. The van der Waals surface area contributed by atoms with Gasteiger partial charge in [0.05, 0.1) is 0 Å². The summed E-state index contributed by atoms with van der Waals surface area (Å²) in [5, 5.41) is 0. The third-order valence-corrected chi connectivity index (χ3v) is 13.9. The van der Waals surface area contributed by atoms with Gasteiger partial charge in [-0.1, -0.05) is 279 Å². The van der Waals surface area contributed by atoms with Crippen molar-refractivity contribution < 1.29 is 28.6 Å². The molecular weight excluding hydrogens is 793 g/mol. The largest absolute Gasteiger partial charge is 0.462 e. The lowest BCUT2D eigenvalue weighted by Gasteiger charge is -2.18. The van der Waals surface area contributed by atoms with Gasteiger partial charge < -0.3 is 14.2 Å². The second kappa shape index (κ2) is 49.3. The Morgan fingerprint density at radius 2 is 0.547 bits per heavy atom. The minimum Gasteiger partial charge on any atom is -0.462 e. The van der Waals surface area contributed by atoms with E-state index in [1.807, 2.05) is 0 Å². The van der Waals surface area contributed by atoms with E-state index < -0.39 is 6.10 Å². The summed E-state index contributed by atoms with van der Waals surface area (Å²) in [5.41, 5.74) is 0. The summed E-state index contributed by atoms with van der Waals surface area (Å²) < 4.78 is 16.9. The quantitative estimate of drug-likeness (QED) is 0.0344. The Hall–Kier alpha value is -1.59. The molecule has 380 valence electrons. The van der Waals surface area contributed by atoms with Crippen LogP contribution in [0.15, 0.2) is 0 Å². The smallest absolute Gasteiger partial charge is 0.306 e. The van der Waals surface area contributed by atoms with Gasteiger partial charge in [-0.25, -0.2) is 0 Å². The Morgan fingerprint density at radius 3 is 0.812 bits per heavy atom. The number of hydrogen-bond donors (Lipinski definition) is 0. The Bertz CT molecular complexity index is 995. The third kappa shape index (κ3) is 48.3. The fourth-order valence-electron chi connectivity index (χ4n) is 8.76. The first-order chi connectivity index (χ1) is 31.2. The Kier molecular flexibility index (Phi) is 48.1. The van der Waals surface area contributed by atoms with E-state index in [0.717, 1.165) is 75.5 Å². The molecule has 0 aromatic carbocycles. The van der Waals surface area contributed by atoms with Gasteiger partial charge in [-0.15, -0.1) is 0 Å². The van der Waals surface area contributed by atoms with Gasteiger partial charge in [0.2, 0.25) is 0 Å². The first-order valence-corrected chi connectivity index (χ1v) is 28.7. The van der Waals surface area contributed by atoms with Gasteiger partial charge in [0.25, 0.3) is 0 Å². The van der Waals surface area contributed by atoms with Crippen LogP contribution in [0.25, 0.3) is 0 Å². The molecule has 0 fully saturated rings. The van der Waals surface area contributed by atoms with Crippen LogP contribution in [0.5, 0.6) is 0 Å². The number of esters is 3. The molecule has 0 aliphatic carbocycles. The van der Waals surface area contributed by atoms with Gasteiger partial charge in [0, 0.05) is 19.3 Å². The molecule has 6 heteroatoms. The molecule has 0 aliphatic heterocycles. The van der Waals surface area contributed by atoms with Crippen LogP contribution in [0, 0.1) is 17.8 Å². The van der Waals surface area contributed by atoms with Crippen LogP contribution in [-0.2, 0) is 28.6 Å². The third-order valence-electron chi connectivity index (χ3n) is 13.9. The maximum atomic E-state index is 12.8. The fourth-order valence-corrected chi connectivity index (χ4v) is 8.76. The van der Waals surface area contributed by atoms with Crippen LogP contribution in [-0.4, -0.2) is 37.2 Å². The minimum atomic E-state index is -0.764. The molecule has 0 spiro atoms. The standard InChI is InChI=1S/C58H112O6/c1-7-53(5)45-39-33-27-21-15-11-9-10-12-16-23-29-35-41-47-56(59)62-50-55(64-58(61)49-43-37-31-25-17-13-14-20-26-32-38-44-52(3)4)51-63-57(60)48-42-36-30-24-19-18-22-28-34-40-46-54(6)8-2/h52-55H,7-51H2,1-6H3/t53?,54?,55-/m0/s1. The zero-order chi connectivity index (χ0) is 47.0. The molecule has 0 aromatic heterocycles. The molecule has 6 nitrogen and oxygen atoms in total. The van der Waals surface area contributed by atoms with Gasteiger partial charge in [-0.05, 0) is 37.0 Å². The summed E-state index contributed by atoms with van der Waals surface area (Å²) in [6.07, 6.45) is 50.8. The molecule has 0 heterocycles. The Balaban J connectivity index is 4.31. The second-order valence-corrected chi connectivity index (χ2v) is 20.9. The monoisotopic (exact) mass is 905 g/mol. The SMILES string of the molecule is CCC(C)CCCCCCCCCCCCCCCCC(=O)OC[C@@H](COC(=O)CCCCCCCCCCCCC(C)CC)OC(=O)CCCCCCCCCCCCCC(C)C. The van der Waals surface area contributed by atoms with Gasteiger partial charge in [-0.3, -0.25) is 14.4 Å². The first kappa shape index (κ1) is 62.4. The van der Waals surface area contributed by atoms with Crippen molar-refractivity contribution in [3.63, 3.8) is 0 Å². The molecule has 3 atom stereocenters. The molecule has 0 saturated heterocycles. The number of carbonyl (C=O) groups excluding carboxylic acids is 3. The van der Waals surface area contributed by atoms with Gasteiger partial charge >= 0.3 is 17.9 Å². The molecule has 64 heavy (non-hydrogen) atoms. The lowest BCUT2D eigenvalue weighted by molar-refractivity contribution is -0.167. The van der Waals surface area contributed by atoms with Crippen LogP contribution in [0.1, 0.15) is 318 Å². The van der Waals surface area contributed by atoms with Crippen molar-refractivity contribution in [3.05, 3.63) is 0 Å². The Labute approximate surface area is 399 Å². The second-order valence-electron chi connectivity index (χ2n) is 20.9. The first-order valence-electron chi connectivity index (χ1n) is 28.7. The molecule has 0 amide bonds. The normalized spacial score (nSPS) is 13.0. The molecular formula is C58H112O6. The highest BCUT2D eigenvalue weighted by atomic mass is 16.6. The van der Waals surface area contributed by atoms with Crippen LogP contribution in [0.3, 0.4) is 0 Å². The van der Waals surface area contributed by atoms with E-state index >= 15 is 0 Å². The Morgan fingerprint density at radius 1 is 0.312 bits per heavy atom. The van der Waals surface area contributed by atoms with E-state index in [-0.39, 0.29) is 31.1 Å². The lowest BCUT2D eigenvalue weighted by atomic mass is 9.99. The zero-order valence-corrected chi connectivity index (χ0v) is 44.1. The van der Waals surface area contributed by atoms with Crippen molar-refractivity contribution in [2.45, 2.75) is 324 Å². The highest BCUT2D eigenvalue weighted by Crippen LogP contribution is 2.19. The van der Waals surface area contributed by atoms with E-state index in [2.05, 4.69) is 41.5 Å². The number of carbonyl (C=O) groups is 3. The van der Waals surface area contributed by atoms with E-state index in [1.165, 1.54) is 199 Å². The summed E-state index contributed by atoms with van der Waals surface area (Å²) in [4.78, 5) is 38.1. The molecule has 0 rings (SSSR count). The molecule has 0 N–H and O–H groups in total. The van der Waals surface area contributed by atoms with Crippen molar-refractivity contribution in [1.29, 1.82) is 0 Å². The predicted octanol–water partition coefficient (Wildman–Crippen LogP) is 18.7. The number of ether oxygens (including phenoxy) is 3. The number of rotatable bonds is 51. The van der Waals surface area contributed by atoms with Crippen LogP contribution < -0.4 is 0 Å². The lowest BCUT2D eigenvalue weighted by Crippen LogP contribution is -2.30. The summed E-state index contributed by atoms with van der Waals surface area (Å²) in [7, 11) is 0. The van der Waals surface area contributed by atoms with Crippen LogP contribution >= 0.6 is 0 Å². The van der Waals surface area contributed by atoms with Gasteiger partial charge in [0.1, 0.15) is 13.2 Å². The molecule has 0 aromatic rings. The number of hydrogen-bond acceptors (Lipinski definition) is 6. The van der Waals surface area contributed by atoms with Crippen LogP contribution in [0.2, 0.25) is 0 Å². The van der Waals surface area contributed by atoms with E-state index in [1.54, 1.807) is 0 Å². The highest BCUT2D eigenvalue weighted by Gasteiger charge is 2.19. The van der Waals surface area contributed by atoms with Crippen molar-refractivity contribution in [2.24, 2.45) is 17.8 Å². The minimum absolute atomic E-state index is 0.0638. The molecule has 0 radical (unpaired) electrons. The highest BCUT2D eigenvalue weighted by molar-refractivity contribution is 5.71. The summed E-state index contributed by atoms with van der Waals surface area (Å²) >= 11 is 0. The van der Waals surface area contributed by atoms with E-state index in [0.29, 0.717) is 19.3 Å². The average Bonchev–Trinajstić information content (AvgIpc) is 3.28. The molecule has 0 aliphatic rings. The van der Waals surface area contributed by atoms with Crippen molar-refractivity contribution in [1.82, 2.24) is 0 Å². The van der Waals surface area contributed by atoms with E-state index in [4.69, 9.17) is 14.2 Å². The molecule has 2 unspecified atom stereocenters.